The number of fused-ring (bicyclic) bond motifs is 4. The average Bonchev–Trinajstić information content (AvgIpc) is 3.35. The molecule has 1 heterocycles. The number of pyridine rings is 1. The summed E-state index contributed by atoms with van der Waals surface area (Å²) in [5.41, 5.74) is 16.2. The summed E-state index contributed by atoms with van der Waals surface area (Å²) >= 11 is 0. The fraction of sp³-hybridized carbons (Fsp3) is 0. The molecule has 2 heteroatoms. The van der Waals surface area contributed by atoms with Gasteiger partial charge in [0.15, 0.2) is 0 Å². The van der Waals surface area contributed by atoms with Crippen LogP contribution in [0, 0.1) is 0 Å². The van der Waals surface area contributed by atoms with Crippen molar-refractivity contribution in [2.24, 2.45) is 0 Å². The minimum absolute atomic E-state index is 1.01. The minimum atomic E-state index is 1.01. The topological polar surface area (TPSA) is 16.1 Å². The molecule has 0 aliphatic rings. The van der Waals surface area contributed by atoms with Gasteiger partial charge in [-0.2, -0.15) is 0 Å². The summed E-state index contributed by atoms with van der Waals surface area (Å²) in [5, 5.41) is 5.87. The molecule has 286 valence electrons. The molecule has 0 amide bonds. The van der Waals surface area contributed by atoms with Crippen molar-refractivity contribution >= 4 is 49.5 Å². The van der Waals surface area contributed by atoms with Gasteiger partial charge in [-0.05, 0) is 120 Å². The Morgan fingerprint density at radius 3 is 1.28 bits per heavy atom. The van der Waals surface area contributed by atoms with E-state index in [9.17, 15) is 0 Å². The Balaban J connectivity index is 1.13. The van der Waals surface area contributed by atoms with Crippen molar-refractivity contribution in [3.63, 3.8) is 0 Å². The van der Waals surface area contributed by atoms with Crippen molar-refractivity contribution in [3.05, 3.63) is 243 Å². The molecule has 0 saturated carbocycles. The van der Waals surface area contributed by atoms with Crippen LogP contribution in [-0.4, -0.2) is 4.98 Å². The van der Waals surface area contributed by atoms with Crippen molar-refractivity contribution < 1.29 is 0 Å². The van der Waals surface area contributed by atoms with Crippen molar-refractivity contribution in [2.75, 3.05) is 4.90 Å². The summed E-state index contributed by atoms with van der Waals surface area (Å²) < 4.78 is 0. The highest BCUT2D eigenvalue weighted by Crippen LogP contribution is 2.47. The third-order valence-electron chi connectivity index (χ3n) is 11.9. The first-order valence-corrected chi connectivity index (χ1v) is 20.9. The second-order valence-corrected chi connectivity index (χ2v) is 15.5. The lowest BCUT2D eigenvalue weighted by atomic mass is 9.83. The molecule has 0 unspecified atom stereocenters. The zero-order chi connectivity index (χ0) is 40.5. The number of para-hydroxylation sites is 2. The van der Waals surface area contributed by atoms with Crippen LogP contribution in [0.15, 0.2) is 243 Å². The first-order valence-electron chi connectivity index (χ1n) is 20.9. The van der Waals surface area contributed by atoms with E-state index in [1.54, 1.807) is 0 Å². The molecular weight excluding hydrogens is 737 g/mol. The normalized spacial score (nSPS) is 11.3. The van der Waals surface area contributed by atoms with Gasteiger partial charge in [0.1, 0.15) is 0 Å². The van der Waals surface area contributed by atoms with Crippen LogP contribution in [0.1, 0.15) is 0 Å². The highest BCUT2D eigenvalue weighted by atomic mass is 15.1. The van der Waals surface area contributed by atoms with Gasteiger partial charge in [-0.25, -0.2) is 0 Å². The SMILES string of the molecule is c1ccc(-c2ccc(-c3c4cc(-c5ccc(N(c6ccccc6)c6ccccc6)cc5)ccc4c(-c4ccc(-c5ccccc5)cc4)c4c3ccc3cccnc34)cc2)cc1. The molecule has 1 aromatic heterocycles. The Kier molecular flexibility index (Phi) is 9.22. The molecule has 0 bridgehead atoms. The van der Waals surface area contributed by atoms with Crippen LogP contribution in [0.4, 0.5) is 17.1 Å². The second kappa shape index (κ2) is 15.6. The van der Waals surface area contributed by atoms with Crippen LogP contribution in [0.2, 0.25) is 0 Å². The fourth-order valence-corrected chi connectivity index (χ4v) is 8.97. The molecule has 0 fully saturated rings. The Hall–Kier alpha value is -8.07. The lowest BCUT2D eigenvalue weighted by Gasteiger charge is -2.25. The van der Waals surface area contributed by atoms with E-state index in [0.717, 1.165) is 44.7 Å². The second-order valence-electron chi connectivity index (χ2n) is 15.5. The summed E-state index contributed by atoms with van der Waals surface area (Å²) in [5.74, 6) is 0. The molecule has 0 N–H and O–H groups in total. The predicted octanol–water partition coefficient (Wildman–Crippen LogP) is 16.3. The van der Waals surface area contributed by atoms with E-state index in [1.807, 2.05) is 12.3 Å². The lowest BCUT2D eigenvalue weighted by molar-refractivity contribution is 1.28. The van der Waals surface area contributed by atoms with E-state index in [1.165, 1.54) is 60.5 Å². The summed E-state index contributed by atoms with van der Waals surface area (Å²) in [6.45, 7) is 0. The van der Waals surface area contributed by atoms with Crippen LogP contribution in [0.5, 0.6) is 0 Å². The van der Waals surface area contributed by atoms with Crippen molar-refractivity contribution in [1.29, 1.82) is 0 Å². The lowest BCUT2D eigenvalue weighted by Crippen LogP contribution is -2.09. The smallest absolute Gasteiger partial charge is 0.0786 e. The summed E-state index contributed by atoms with van der Waals surface area (Å²) in [6, 6.07) is 85.3. The van der Waals surface area contributed by atoms with Crippen LogP contribution in [0.25, 0.3) is 88.1 Å². The molecule has 11 rings (SSSR count). The van der Waals surface area contributed by atoms with Gasteiger partial charge >= 0.3 is 0 Å². The van der Waals surface area contributed by atoms with Crippen LogP contribution < -0.4 is 4.90 Å². The molecule has 2 nitrogen and oxygen atoms in total. The predicted molar refractivity (Wildman–Crippen MR) is 259 cm³/mol. The molecule has 0 aliphatic heterocycles. The highest BCUT2D eigenvalue weighted by molar-refractivity contribution is 6.27. The Morgan fingerprint density at radius 2 is 0.705 bits per heavy atom. The Morgan fingerprint density at radius 1 is 0.279 bits per heavy atom. The zero-order valence-corrected chi connectivity index (χ0v) is 33.5. The van der Waals surface area contributed by atoms with Gasteiger partial charge in [0.2, 0.25) is 0 Å². The third kappa shape index (κ3) is 6.71. The summed E-state index contributed by atoms with van der Waals surface area (Å²) in [4.78, 5) is 7.39. The van der Waals surface area contributed by atoms with Gasteiger partial charge in [0, 0.05) is 34.0 Å². The van der Waals surface area contributed by atoms with Crippen LogP contribution in [-0.2, 0) is 0 Å². The van der Waals surface area contributed by atoms with E-state index in [2.05, 4.69) is 235 Å². The molecule has 0 spiro atoms. The van der Waals surface area contributed by atoms with Gasteiger partial charge in [0.25, 0.3) is 0 Å². The van der Waals surface area contributed by atoms with E-state index in [-0.39, 0.29) is 0 Å². The van der Waals surface area contributed by atoms with E-state index in [4.69, 9.17) is 4.98 Å². The van der Waals surface area contributed by atoms with Gasteiger partial charge in [-0.3, -0.25) is 4.98 Å². The van der Waals surface area contributed by atoms with E-state index < -0.39 is 0 Å². The number of aromatic nitrogens is 1. The monoisotopic (exact) mass is 776 g/mol. The minimum Gasteiger partial charge on any atom is -0.311 e. The Labute approximate surface area is 356 Å². The van der Waals surface area contributed by atoms with E-state index in [0.29, 0.717) is 0 Å². The average molecular weight is 777 g/mol. The van der Waals surface area contributed by atoms with Gasteiger partial charge < -0.3 is 4.90 Å². The molecule has 0 aliphatic carbocycles. The van der Waals surface area contributed by atoms with Crippen molar-refractivity contribution in [3.8, 4) is 55.6 Å². The maximum Gasteiger partial charge on any atom is 0.0786 e. The molecule has 0 saturated heterocycles. The molecule has 0 radical (unpaired) electrons. The van der Waals surface area contributed by atoms with Crippen molar-refractivity contribution in [1.82, 2.24) is 4.98 Å². The molecule has 61 heavy (non-hydrogen) atoms. The fourth-order valence-electron chi connectivity index (χ4n) is 8.97. The highest BCUT2D eigenvalue weighted by Gasteiger charge is 2.21. The molecule has 11 aromatic rings. The number of hydrogen-bond donors (Lipinski definition) is 0. The Bertz CT molecular complexity index is 3250. The summed E-state index contributed by atoms with van der Waals surface area (Å²) in [7, 11) is 0. The largest absolute Gasteiger partial charge is 0.311 e. The number of rotatable bonds is 8. The first kappa shape index (κ1) is 36.0. The maximum absolute atomic E-state index is 5.08. The summed E-state index contributed by atoms with van der Waals surface area (Å²) in [6.07, 6.45) is 1.92. The first-order chi connectivity index (χ1) is 30.3. The number of hydrogen-bond acceptors (Lipinski definition) is 2. The number of anilines is 3. The standard InChI is InChI=1S/C59H40N2/c1-5-14-41(15-6-1)43-23-27-46(28-24-43)56-54-38-33-48-18-13-39-60-59(48)58(54)57(47-29-25-44(26-30-47)42-16-7-2-8-17-42)53-37-34-49(40-55(53)56)45-31-35-52(36-32-45)61(50-19-9-3-10-20-50)51-21-11-4-12-22-51/h1-40H. The molecule has 0 atom stereocenters. The molecular formula is C59H40N2. The molecule has 10 aromatic carbocycles. The number of nitrogens with zero attached hydrogens (tertiary/aromatic N) is 2. The van der Waals surface area contributed by atoms with Gasteiger partial charge in [-0.15, -0.1) is 0 Å². The van der Waals surface area contributed by atoms with E-state index >= 15 is 0 Å². The quantitative estimate of drug-likeness (QED) is 0.113. The van der Waals surface area contributed by atoms with Gasteiger partial charge in [-0.1, -0.05) is 188 Å². The zero-order valence-electron chi connectivity index (χ0n) is 33.5. The van der Waals surface area contributed by atoms with Crippen molar-refractivity contribution in [2.45, 2.75) is 0 Å². The number of benzene rings is 10. The van der Waals surface area contributed by atoms with Crippen LogP contribution >= 0.6 is 0 Å². The van der Waals surface area contributed by atoms with Crippen LogP contribution in [0.3, 0.4) is 0 Å². The maximum atomic E-state index is 5.08. The van der Waals surface area contributed by atoms with Gasteiger partial charge in [0.05, 0.1) is 5.52 Å². The third-order valence-corrected chi connectivity index (χ3v) is 11.9.